The molecule has 12 heteroatoms. The zero-order valence-corrected chi connectivity index (χ0v) is 20.4. The van der Waals surface area contributed by atoms with Crippen LogP contribution >= 0.6 is 0 Å². The summed E-state index contributed by atoms with van der Waals surface area (Å²) in [5, 5.41) is 0. The number of nitrogens with zero attached hydrogens (tertiary/aromatic N) is 1. The normalized spacial score (nSPS) is 4.62. The number of quaternary nitrogens is 1. The monoisotopic (exact) mass is 726 g/mol. The summed E-state index contributed by atoms with van der Waals surface area (Å²) in [6.07, 6.45) is 0. The Morgan fingerprint density at radius 2 is 0.500 bits per heavy atom. The third-order valence-corrected chi connectivity index (χ3v) is 2.68. The van der Waals surface area contributed by atoms with Crippen LogP contribution in [0, 0.1) is 39.9 Å². The van der Waals surface area contributed by atoms with E-state index in [9.17, 15) is 0 Å². The average molecular weight is 725 g/mol. The molecular formula is C14H26NO9Re2+. The molecule has 0 saturated carbocycles. The largest absolute Gasteiger partial charge is 0 e. The van der Waals surface area contributed by atoms with Gasteiger partial charge < -0.3 is 20.9 Å². The van der Waals surface area contributed by atoms with Crippen molar-refractivity contribution in [1.29, 1.82) is 0 Å². The van der Waals surface area contributed by atoms with Crippen molar-refractivity contribution in [3.8, 4) is 0 Å². The van der Waals surface area contributed by atoms with Gasteiger partial charge in [-0.05, 0) is 27.7 Å². The van der Waals surface area contributed by atoms with E-state index in [0.29, 0.717) is 0 Å². The number of hydrogen-bond donors (Lipinski definition) is 0. The molecule has 154 valence electrons. The Morgan fingerprint density at radius 3 is 0.500 bits per heavy atom. The van der Waals surface area contributed by atoms with Crippen molar-refractivity contribution in [3.63, 3.8) is 0 Å². The fourth-order valence-electron chi connectivity index (χ4n) is 1.34. The van der Waals surface area contributed by atoms with Crippen molar-refractivity contribution in [2.24, 2.45) is 0 Å². The van der Waals surface area contributed by atoms with Gasteiger partial charge in [-0.25, -0.2) is 0 Å². The summed E-state index contributed by atoms with van der Waals surface area (Å²) in [5.74, 6) is 0. The summed E-state index contributed by atoms with van der Waals surface area (Å²) in [4.78, 5) is 0. The van der Waals surface area contributed by atoms with Crippen LogP contribution in [0.3, 0.4) is 0 Å². The Morgan fingerprint density at radius 1 is 0.423 bits per heavy atom. The average Bonchev–Trinajstić information content (AvgIpc) is 2.67. The standard InChI is InChI=1S/C8H20N.6CO.3H2O.2Re/c1-5-9(6-2,7-3)8-4;6*1-2;;;;;/h5-8H2,1-4H3;;;;;;;3*1H2;;/q+1;;;;;;;;;;;. The van der Waals surface area contributed by atoms with E-state index in [-0.39, 0.29) is 57.3 Å². The molecule has 0 spiro atoms. The Kier molecular flexibility index (Phi) is 479. The summed E-state index contributed by atoms with van der Waals surface area (Å²) in [5.41, 5.74) is 0. The summed E-state index contributed by atoms with van der Waals surface area (Å²) < 4.78 is 46.3. The summed E-state index contributed by atoms with van der Waals surface area (Å²) in [6.45, 7) is 41.2. The minimum absolute atomic E-state index is 0. The van der Waals surface area contributed by atoms with E-state index in [1.54, 1.807) is 0 Å². The molecule has 0 bridgehead atoms. The van der Waals surface area contributed by atoms with Crippen LogP contribution in [0.15, 0.2) is 0 Å². The molecule has 10 nitrogen and oxygen atoms in total. The van der Waals surface area contributed by atoms with Crippen LogP contribution in [-0.4, -0.2) is 47.1 Å². The predicted molar refractivity (Wildman–Crippen MR) is 76.8 cm³/mol. The van der Waals surface area contributed by atoms with Gasteiger partial charge in [0.2, 0.25) is 0 Å². The smallest absolute Gasteiger partial charge is 0 e. The van der Waals surface area contributed by atoms with Gasteiger partial charge in [0, 0.05) is 40.8 Å². The van der Waals surface area contributed by atoms with Gasteiger partial charge in [0.15, 0.2) is 0 Å². The molecule has 0 aromatic heterocycles. The van der Waals surface area contributed by atoms with Crippen LogP contribution < -0.4 is 0 Å². The van der Waals surface area contributed by atoms with E-state index in [1.165, 1.54) is 30.7 Å². The second kappa shape index (κ2) is 149. The van der Waals surface area contributed by atoms with Gasteiger partial charge in [-0.2, -0.15) is 0 Å². The van der Waals surface area contributed by atoms with E-state index in [1.807, 2.05) is 0 Å². The second-order valence-corrected chi connectivity index (χ2v) is 2.61. The summed E-state index contributed by atoms with van der Waals surface area (Å²) >= 11 is 0. The van der Waals surface area contributed by atoms with Crippen molar-refractivity contribution in [1.82, 2.24) is 0 Å². The molecule has 6 N–H and O–H groups in total. The first-order chi connectivity index (χ1) is 10.2. The Balaban J connectivity index is -0.0000000101. The molecule has 0 aliphatic carbocycles. The third-order valence-electron chi connectivity index (χ3n) is 2.68. The molecule has 0 heterocycles. The van der Waals surface area contributed by atoms with Crippen molar-refractivity contribution in [2.75, 3.05) is 26.2 Å². The number of rotatable bonds is 4. The minimum atomic E-state index is 0. The maximum atomic E-state index is 7.50. The second-order valence-electron chi connectivity index (χ2n) is 2.61. The van der Waals surface area contributed by atoms with Gasteiger partial charge in [0.25, 0.3) is 0 Å². The fraction of sp³-hybridized carbons (Fsp3) is 0.571. The topological polar surface area (TPSA) is 214 Å². The van der Waals surface area contributed by atoms with Gasteiger partial charge >= 0.3 is 67.8 Å². The van der Waals surface area contributed by atoms with Gasteiger partial charge in [0.05, 0.1) is 26.2 Å². The number of hydrogen-bond acceptors (Lipinski definition) is 0. The molecule has 0 atom stereocenters. The molecule has 0 aliphatic heterocycles. The Hall–Kier alpha value is -0.395. The maximum Gasteiger partial charge on any atom is 0 e. The molecule has 0 amide bonds. The van der Waals surface area contributed by atoms with Crippen molar-refractivity contribution < 1.29 is 89.7 Å². The molecule has 0 saturated heterocycles. The van der Waals surface area contributed by atoms with Crippen LogP contribution in [0.4, 0.5) is 0 Å². The molecule has 0 aromatic carbocycles. The minimum Gasteiger partial charge on any atom is 0 e. The first-order valence-corrected chi connectivity index (χ1v) is 5.32. The van der Waals surface area contributed by atoms with Crippen LogP contribution in [0.2, 0.25) is 0 Å². The Labute approximate surface area is 183 Å². The van der Waals surface area contributed by atoms with Gasteiger partial charge in [-0.1, -0.05) is 0 Å². The summed E-state index contributed by atoms with van der Waals surface area (Å²) in [6, 6.07) is 0. The SMILES string of the molecule is CC[N+](CC)(CC)CC.O.O.O.[C-]#[O+].[C-]#[O+].[C-]#[O+].[C-]#[O+].[C-]#[O+].[C-]#[O+].[Re].[Re]. The van der Waals surface area contributed by atoms with E-state index < -0.39 is 0 Å². The van der Waals surface area contributed by atoms with Crippen molar-refractivity contribution in [3.05, 3.63) is 39.9 Å². The van der Waals surface area contributed by atoms with E-state index in [2.05, 4.69) is 67.6 Å². The van der Waals surface area contributed by atoms with Crippen LogP contribution in [0.5, 0.6) is 0 Å². The molecule has 26 heavy (non-hydrogen) atoms. The van der Waals surface area contributed by atoms with E-state index in [4.69, 9.17) is 27.9 Å². The van der Waals surface area contributed by atoms with Gasteiger partial charge in [-0.3, -0.25) is 0 Å². The molecule has 0 unspecified atom stereocenters. The van der Waals surface area contributed by atoms with E-state index in [0.717, 1.165) is 0 Å². The Bertz CT molecular complexity index is 209. The molecule has 0 rings (SSSR count). The first kappa shape index (κ1) is 83.7. The third kappa shape index (κ3) is 89.6. The zero-order chi connectivity index (χ0) is 19.3. The summed E-state index contributed by atoms with van der Waals surface area (Å²) in [7, 11) is 0. The van der Waals surface area contributed by atoms with Crippen LogP contribution in [0.25, 0.3) is 0 Å². The van der Waals surface area contributed by atoms with Crippen molar-refractivity contribution in [2.45, 2.75) is 27.7 Å². The molecule has 0 aliphatic rings. The van der Waals surface area contributed by atoms with Crippen LogP contribution in [-0.2, 0) is 68.8 Å². The first-order valence-electron chi connectivity index (χ1n) is 5.32. The fourth-order valence-corrected chi connectivity index (χ4v) is 1.34. The molecule has 2 radical (unpaired) electrons. The predicted octanol–water partition coefficient (Wildman–Crippen LogP) is -0.821. The van der Waals surface area contributed by atoms with Gasteiger partial charge in [-0.15, -0.1) is 0 Å². The quantitative estimate of drug-likeness (QED) is 0.198. The molecule has 0 aromatic rings. The van der Waals surface area contributed by atoms with E-state index >= 15 is 0 Å². The van der Waals surface area contributed by atoms with Crippen molar-refractivity contribution >= 4 is 0 Å². The maximum absolute atomic E-state index is 7.50. The molecular weight excluding hydrogens is 699 g/mol. The van der Waals surface area contributed by atoms with Gasteiger partial charge in [0.1, 0.15) is 0 Å². The molecule has 0 fully saturated rings. The zero-order valence-electron chi connectivity index (χ0n) is 15.0. The van der Waals surface area contributed by atoms with Crippen LogP contribution in [0.1, 0.15) is 27.7 Å².